The van der Waals surface area contributed by atoms with Crippen LogP contribution < -0.4 is 10.5 Å². The highest BCUT2D eigenvalue weighted by Gasteiger charge is 2.16. The molecule has 7 heteroatoms. The number of aliphatic imine (C=N–C) groups is 1. The van der Waals surface area contributed by atoms with Gasteiger partial charge in [-0.05, 0) is 42.7 Å². The molecule has 0 spiro atoms. The second kappa shape index (κ2) is 9.41. The summed E-state index contributed by atoms with van der Waals surface area (Å²) in [5, 5.41) is 4.59. The van der Waals surface area contributed by atoms with Crippen molar-refractivity contribution in [3.63, 3.8) is 0 Å². The van der Waals surface area contributed by atoms with Gasteiger partial charge in [0.05, 0.1) is 11.3 Å². The molecule has 0 radical (unpaired) electrons. The highest BCUT2D eigenvalue weighted by molar-refractivity contribution is 6.08. The minimum absolute atomic E-state index is 0.380. The van der Waals surface area contributed by atoms with Gasteiger partial charge in [0.2, 0.25) is 5.88 Å². The van der Waals surface area contributed by atoms with Gasteiger partial charge < -0.3 is 10.5 Å². The summed E-state index contributed by atoms with van der Waals surface area (Å²) in [4.78, 5) is 13.4. The lowest BCUT2D eigenvalue weighted by Crippen LogP contribution is -2.01. The molecule has 3 heterocycles. The first-order valence-electron chi connectivity index (χ1n) is 10.4. The van der Waals surface area contributed by atoms with E-state index in [0.717, 1.165) is 35.4 Å². The molecule has 0 fully saturated rings. The number of benzene rings is 1. The van der Waals surface area contributed by atoms with Crippen LogP contribution in [-0.2, 0) is 13.6 Å². The van der Waals surface area contributed by atoms with Gasteiger partial charge in [-0.15, -0.1) is 6.42 Å². The molecule has 7 nitrogen and oxygen atoms in total. The SMILES string of the molecule is C#Cc1ccc(-c2ncc(CN)cn2)c(Oc2cc(C3=NC=C(CC)CC=C3)nn2C)c1. The highest BCUT2D eigenvalue weighted by atomic mass is 16.5. The number of nitrogens with zero attached hydrogens (tertiary/aromatic N) is 5. The molecule has 0 aliphatic carbocycles. The van der Waals surface area contributed by atoms with Crippen LogP contribution in [0.2, 0.25) is 0 Å². The molecule has 1 aliphatic heterocycles. The van der Waals surface area contributed by atoms with Crippen LogP contribution >= 0.6 is 0 Å². The topological polar surface area (TPSA) is 91.2 Å². The molecule has 32 heavy (non-hydrogen) atoms. The molecule has 2 N–H and O–H groups in total. The Morgan fingerprint density at radius 3 is 2.75 bits per heavy atom. The molecule has 4 rings (SSSR count). The molecule has 0 saturated carbocycles. The molecular formula is C25H24N6O. The van der Waals surface area contributed by atoms with E-state index in [1.165, 1.54) is 5.57 Å². The van der Waals surface area contributed by atoms with Crippen molar-refractivity contribution >= 4 is 5.71 Å². The Bertz CT molecular complexity index is 1260. The van der Waals surface area contributed by atoms with Crippen LogP contribution in [0.1, 0.15) is 36.6 Å². The summed E-state index contributed by atoms with van der Waals surface area (Å²) < 4.78 is 7.92. The number of ether oxygens (including phenoxy) is 1. The van der Waals surface area contributed by atoms with E-state index < -0.39 is 0 Å². The average molecular weight is 425 g/mol. The monoisotopic (exact) mass is 424 g/mol. The number of aryl methyl sites for hydroxylation is 1. The molecule has 160 valence electrons. The third-order valence-corrected chi connectivity index (χ3v) is 5.14. The first-order chi connectivity index (χ1) is 15.6. The molecule has 0 saturated heterocycles. The summed E-state index contributed by atoms with van der Waals surface area (Å²) in [5.74, 6) is 4.26. The highest BCUT2D eigenvalue weighted by Crippen LogP contribution is 2.33. The molecule has 0 bridgehead atoms. The van der Waals surface area contributed by atoms with Crippen LogP contribution in [0.5, 0.6) is 11.6 Å². The number of allylic oxidation sites excluding steroid dienone is 3. The van der Waals surface area contributed by atoms with Crippen LogP contribution in [0, 0.1) is 12.3 Å². The van der Waals surface area contributed by atoms with Gasteiger partial charge in [-0.25, -0.2) is 14.6 Å². The number of nitrogens with two attached hydrogens (primary N) is 1. The van der Waals surface area contributed by atoms with Gasteiger partial charge in [-0.3, -0.25) is 4.99 Å². The summed E-state index contributed by atoms with van der Waals surface area (Å²) >= 11 is 0. The number of rotatable bonds is 6. The molecule has 1 aliphatic rings. The van der Waals surface area contributed by atoms with Gasteiger partial charge in [-0.1, -0.05) is 18.9 Å². The van der Waals surface area contributed by atoms with Crippen LogP contribution in [-0.4, -0.2) is 25.5 Å². The summed E-state index contributed by atoms with van der Waals surface area (Å²) in [7, 11) is 1.82. The molecule has 2 aromatic heterocycles. The lowest BCUT2D eigenvalue weighted by Gasteiger charge is -2.11. The van der Waals surface area contributed by atoms with Gasteiger partial charge in [0.25, 0.3) is 0 Å². The Kier molecular flexibility index (Phi) is 6.24. The van der Waals surface area contributed by atoms with Crippen molar-refractivity contribution in [3.8, 4) is 35.4 Å². The average Bonchev–Trinajstić information content (AvgIpc) is 3.03. The predicted octanol–water partition coefficient (Wildman–Crippen LogP) is 4.15. The smallest absolute Gasteiger partial charge is 0.218 e. The quantitative estimate of drug-likeness (QED) is 0.600. The van der Waals surface area contributed by atoms with Crippen molar-refractivity contribution in [1.82, 2.24) is 19.7 Å². The fourth-order valence-electron chi connectivity index (χ4n) is 3.23. The van der Waals surface area contributed by atoms with Crippen molar-refractivity contribution in [1.29, 1.82) is 0 Å². The van der Waals surface area contributed by atoms with E-state index in [0.29, 0.717) is 29.6 Å². The summed E-state index contributed by atoms with van der Waals surface area (Å²) in [6, 6.07) is 7.34. The fraction of sp³-hybridized carbons (Fsp3) is 0.200. The Balaban J connectivity index is 1.69. The lowest BCUT2D eigenvalue weighted by molar-refractivity contribution is 0.432. The van der Waals surface area contributed by atoms with E-state index in [2.05, 4.69) is 39.0 Å². The number of hydrogen-bond donors (Lipinski definition) is 1. The van der Waals surface area contributed by atoms with Crippen molar-refractivity contribution in [3.05, 3.63) is 77.4 Å². The fourth-order valence-corrected chi connectivity index (χ4v) is 3.23. The number of hydrogen-bond acceptors (Lipinski definition) is 6. The largest absolute Gasteiger partial charge is 0.438 e. The van der Waals surface area contributed by atoms with Crippen LogP contribution in [0.25, 0.3) is 11.4 Å². The van der Waals surface area contributed by atoms with Crippen molar-refractivity contribution in [2.24, 2.45) is 17.8 Å². The van der Waals surface area contributed by atoms with E-state index in [9.17, 15) is 0 Å². The van der Waals surface area contributed by atoms with Crippen LogP contribution in [0.3, 0.4) is 0 Å². The van der Waals surface area contributed by atoms with Crippen molar-refractivity contribution in [2.75, 3.05) is 0 Å². The Morgan fingerprint density at radius 1 is 1.22 bits per heavy atom. The van der Waals surface area contributed by atoms with Gasteiger partial charge in [-0.2, -0.15) is 5.10 Å². The van der Waals surface area contributed by atoms with E-state index in [-0.39, 0.29) is 0 Å². The second-order valence-electron chi connectivity index (χ2n) is 7.33. The third-order valence-electron chi connectivity index (χ3n) is 5.14. The molecule has 1 aromatic carbocycles. The first-order valence-corrected chi connectivity index (χ1v) is 10.4. The molecule has 0 amide bonds. The van der Waals surface area contributed by atoms with Crippen LogP contribution in [0.4, 0.5) is 0 Å². The van der Waals surface area contributed by atoms with Gasteiger partial charge in [0, 0.05) is 49.4 Å². The maximum Gasteiger partial charge on any atom is 0.218 e. The number of terminal acetylenes is 1. The zero-order valence-electron chi connectivity index (χ0n) is 18.1. The lowest BCUT2D eigenvalue weighted by atomic mass is 10.1. The zero-order chi connectivity index (χ0) is 22.5. The van der Waals surface area contributed by atoms with Gasteiger partial charge >= 0.3 is 0 Å². The van der Waals surface area contributed by atoms with Gasteiger partial charge in [0.1, 0.15) is 11.4 Å². The minimum Gasteiger partial charge on any atom is -0.438 e. The molecule has 0 unspecified atom stereocenters. The van der Waals surface area contributed by atoms with E-state index in [1.807, 2.05) is 37.5 Å². The van der Waals surface area contributed by atoms with Gasteiger partial charge in [0.15, 0.2) is 5.82 Å². The molecular weight excluding hydrogens is 400 g/mol. The minimum atomic E-state index is 0.380. The maximum atomic E-state index is 6.24. The summed E-state index contributed by atoms with van der Waals surface area (Å²) in [5.41, 5.74) is 10.7. The standard InChI is InChI=1S/C25H24N6O/c1-4-17-9-10-20(25-28-15-19(13-26)16-29-25)23(11-17)32-24-12-22(30-31(24)3)21-8-6-7-18(5-2)14-27-21/h1,6,8-12,14-16H,5,7,13,26H2,2-3H3. The van der Waals surface area contributed by atoms with E-state index in [4.69, 9.17) is 16.9 Å². The van der Waals surface area contributed by atoms with E-state index >= 15 is 0 Å². The Hall–Kier alpha value is -4.02. The third kappa shape index (κ3) is 4.51. The van der Waals surface area contributed by atoms with Crippen molar-refractivity contribution in [2.45, 2.75) is 26.3 Å². The summed E-state index contributed by atoms with van der Waals surface area (Å²) in [6.45, 7) is 2.51. The molecule has 3 aromatic rings. The van der Waals surface area contributed by atoms with E-state index in [1.54, 1.807) is 23.1 Å². The maximum absolute atomic E-state index is 6.24. The predicted molar refractivity (Wildman–Crippen MR) is 125 cm³/mol. The zero-order valence-corrected chi connectivity index (χ0v) is 18.1. The summed E-state index contributed by atoms with van der Waals surface area (Å²) in [6.07, 6.45) is 16.9. The molecule has 0 atom stereocenters. The first kappa shape index (κ1) is 21.2. The second-order valence-corrected chi connectivity index (χ2v) is 7.33. The Morgan fingerprint density at radius 2 is 2.03 bits per heavy atom. The van der Waals surface area contributed by atoms with Crippen LogP contribution in [0.15, 0.2) is 65.6 Å². The Labute approximate surface area is 187 Å². The normalized spacial score (nSPS) is 13.2. The van der Waals surface area contributed by atoms with Crippen molar-refractivity contribution < 1.29 is 4.74 Å². The number of aromatic nitrogens is 4.